The van der Waals surface area contributed by atoms with Gasteiger partial charge in [0.15, 0.2) is 5.58 Å². The summed E-state index contributed by atoms with van der Waals surface area (Å²) in [4.78, 5) is 44.3. The lowest BCUT2D eigenvalue weighted by Crippen LogP contribution is -2.33. The summed E-state index contributed by atoms with van der Waals surface area (Å²) in [5.74, 6) is -2.60. The van der Waals surface area contributed by atoms with E-state index in [-0.39, 0.29) is 0 Å². The minimum Gasteiger partial charge on any atom is -0.493 e. The Morgan fingerprint density at radius 1 is 0.918 bits per heavy atom. The van der Waals surface area contributed by atoms with Gasteiger partial charge in [-0.25, -0.2) is 19.2 Å². The van der Waals surface area contributed by atoms with Gasteiger partial charge in [-0.1, -0.05) is 16.8 Å². The van der Waals surface area contributed by atoms with Crippen LogP contribution in [0, 0.1) is 11.8 Å². The Balaban J connectivity index is 0.000000338. The van der Waals surface area contributed by atoms with E-state index < -0.39 is 23.9 Å². The number of hydrogen-bond donors (Lipinski definition) is 4. The number of aryl methyl sites for hydroxylation is 1. The first-order valence-electron chi connectivity index (χ1n) is 15.7. The number of thiophene rings is 1. The minimum absolute atomic E-state index is 0.558. The first-order valence-corrected chi connectivity index (χ1v) is 16.9. The van der Waals surface area contributed by atoms with Crippen molar-refractivity contribution < 1.29 is 48.9 Å². The molecule has 15 heteroatoms. The number of halogens is 1. The summed E-state index contributed by atoms with van der Waals surface area (Å²) in [6.07, 6.45) is 9.46. The van der Waals surface area contributed by atoms with E-state index in [1.807, 2.05) is 6.07 Å². The highest BCUT2D eigenvalue weighted by atomic mass is 35.5. The molecule has 0 atom stereocenters. The highest BCUT2D eigenvalue weighted by Gasteiger charge is 2.25. The summed E-state index contributed by atoms with van der Waals surface area (Å²) in [6, 6.07) is 8.43. The summed E-state index contributed by atoms with van der Waals surface area (Å²) in [7, 11) is 4.17. The van der Waals surface area contributed by atoms with E-state index in [0.717, 1.165) is 83.4 Å². The van der Waals surface area contributed by atoms with Gasteiger partial charge in [-0.05, 0) is 102 Å². The molecule has 0 spiro atoms. The van der Waals surface area contributed by atoms with E-state index in [1.165, 1.54) is 37.0 Å². The SMILES string of the molecule is CN(C)Cc1c(OCC2CC2)ccc2c(CCC3CCN(Cc4ccc(Cl)s4)CC3)noc12.O=C(O)C=CC(=O)O.O=C(O)C=CC(=O)O. The molecule has 49 heavy (non-hydrogen) atoms. The number of carbonyl (C=O) groups is 4. The van der Waals surface area contributed by atoms with Crippen LogP contribution in [0.1, 0.15) is 48.2 Å². The highest BCUT2D eigenvalue weighted by Crippen LogP contribution is 2.35. The molecule has 5 rings (SSSR count). The minimum atomic E-state index is -1.26. The Bertz CT molecular complexity index is 1560. The molecule has 2 aliphatic rings. The number of nitrogens with zero attached hydrogens (tertiary/aromatic N) is 3. The number of benzene rings is 1. The van der Waals surface area contributed by atoms with Crippen molar-refractivity contribution in [1.29, 1.82) is 0 Å². The van der Waals surface area contributed by atoms with Gasteiger partial charge >= 0.3 is 23.9 Å². The standard InChI is InChI=1S/C26H34ClN3O2S.2C4H4O4/c1-29(2)16-22-24(31-17-19-3-4-19)9-7-21-23(28-32-26(21)22)8-5-18-11-13-30(14-12-18)15-20-6-10-25(27)33-20;2*5-3(6)1-2-4(7)8/h6-7,9-10,18-19H,3-5,8,11-17H2,1-2H3;2*1-2H,(H,5,6)(H,7,8). The van der Waals surface area contributed by atoms with Crippen molar-refractivity contribution in [2.75, 3.05) is 33.8 Å². The van der Waals surface area contributed by atoms with Gasteiger partial charge in [0.25, 0.3) is 0 Å². The predicted molar refractivity (Wildman–Crippen MR) is 184 cm³/mol. The predicted octanol–water partition coefficient (Wildman–Crippen LogP) is 5.66. The zero-order valence-electron chi connectivity index (χ0n) is 27.4. The molecular weight excluding hydrogens is 678 g/mol. The summed E-state index contributed by atoms with van der Waals surface area (Å²) in [6.45, 7) is 4.95. The zero-order chi connectivity index (χ0) is 35.9. The molecule has 1 aromatic carbocycles. The Kier molecular flexibility index (Phi) is 15.7. The van der Waals surface area contributed by atoms with Gasteiger partial charge in [-0.2, -0.15) is 0 Å². The molecule has 13 nitrogen and oxygen atoms in total. The third-order valence-electron chi connectivity index (χ3n) is 7.66. The van der Waals surface area contributed by atoms with Crippen LogP contribution in [0.4, 0.5) is 0 Å². The number of likely N-dealkylation sites (tertiary alicyclic amines) is 1. The molecule has 0 bridgehead atoms. The number of fused-ring (bicyclic) bond motifs is 1. The van der Waals surface area contributed by atoms with Gasteiger partial charge in [0, 0.05) is 47.7 Å². The maximum atomic E-state index is 9.55. The monoisotopic (exact) mass is 719 g/mol. The molecular formula is C34H42ClN3O10S. The zero-order valence-corrected chi connectivity index (χ0v) is 29.0. The van der Waals surface area contributed by atoms with Crippen molar-refractivity contribution in [3.63, 3.8) is 0 Å². The van der Waals surface area contributed by atoms with E-state index in [9.17, 15) is 19.2 Å². The Hall–Kier alpha value is -4.24. The normalized spacial score (nSPS) is 15.2. The molecule has 1 aliphatic heterocycles. The summed E-state index contributed by atoms with van der Waals surface area (Å²) in [5.41, 5.74) is 3.12. The molecule has 1 saturated carbocycles. The molecule has 0 unspecified atom stereocenters. The van der Waals surface area contributed by atoms with E-state index in [1.54, 1.807) is 11.3 Å². The average molecular weight is 720 g/mol. The molecule has 3 aromatic rings. The molecule has 2 aromatic heterocycles. The molecule has 266 valence electrons. The molecule has 2 fully saturated rings. The number of piperidine rings is 1. The van der Waals surface area contributed by atoms with Gasteiger partial charge in [-0.15, -0.1) is 11.3 Å². The van der Waals surface area contributed by atoms with Gasteiger partial charge in [-0.3, -0.25) is 4.90 Å². The average Bonchev–Trinajstić information content (AvgIpc) is 3.64. The van der Waals surface area contributed by atoms with Crippen LogP contribution in [0.2, 0.25) is 4.34 Å². The third kappa shape index (κ3) is 14.8. The molecule has 1 aliphatic carbocycles. The van der Waals surface area contributed by atoms with Crippen molar-refractivity contribution in [2.24, 2.45) is 11.8 Å². The Labute approximate surface area is 293 Å². The number of carboxylic acid groups (broad SMARTS) is 4. The number of carboxylic acids is 4. The van der Waals surface area contributed by atoms with Crippen molar-refractivity contribution in [2.45, 2.75) is 51.6 Å². The molecule has 0 radical (unpaired) electrons. The fourth-order valence-corrected chi connectivity index (χ4v) is 6.21. The third-order valence-corrected chi connectivity index (χ3v) is 8.88. The van der Waals surface area contributed by atoms with Crippen LogP contribution in [0.25, 0.3) is 11.0 Å². The molecule has 4 N–H and O–H groups in total. The summed E-state index contributed by atoms with van der Waals surface area (Å²) in [5, 5.41) is 36.9. The van der Waals surface area contributed by atoms with E-state index in [4.69, 9.17) is 41.3 Å². The molecule has 0 amide bonds. The quantitative estimate of drug-likeness (QED) is 0.149. The maximum absolute atomic E-state index is 9.55. The lowest BCUT2D eigenvalue weighted by Gasteiger charge is -2.31. The first-order chi connectivity index (χ1) is 23.3. The number of hydrogen-bond acceptors (Lipinski definition) is 10. The van der Waals surface area contributed by atoms with Crippen LogP contribution in [-0.2, 0) is 38.7 Å². The number of ether oxygens (including phenoxy) is 1. The van der Waals surface area contributed by atoms with Crippen LogP contribution >= 0.6 is 22.9 Å². The lowest BCUT2D eigenvalue weighted by atomic mass is 9.91. The summed E-state index contributed by atoms with van der Waals surface area (Å²) < 4.78 is 12.9. The van der Waals surface area contributed by atoms with Gasteiger partial charge < -0.3 is 34.6 Å². The van der Waals surface area contributed by atoms with Gasteiger partial charge in [0.2, 0.25) is 0 Å². The van der Waals surface area contributed by atoms with Crippen LogP contribution in [-0.4, -0.2) is 93.1 Å². The maximum Gasteiger partial charge on any atom is 0.328 e. The fourth-order valence-electron chi connectivity index (χ4n) is 5.08. The second kappa shape index (κ2) is 19.7. The van der Waals surface area contributed by atoms with E-state index >= 15 is 0 Å². The highest BCUT2D eigenvalue weighted by molar-refractivity contribution is 7.16. The van der Waals surface area contributed by atoms with Crippen molar-refractivity contribution >= 4 is 57.8 Å². The number of aromatic nitrogens is 1. The van der Waals surface area contributed by atoms with Crippen LogP contribution < -0.4 is 4.74 Å². The number of rotatable bonds is 14. The van der Waals surface area contributed by atoms with Gasteiger partial charge in [0.05, 0.1) is 22.2 Å². The molecule has 1 saturated heterocycles. The van der Waals surface area contributed by atoms with Crippen molar-refractivity contribution in [3.05, 3.63) is 69.0 Å². The largest absolute Gasteiger partial charge is 0.493 e. The summed E-state index contributed by atoms with van der Waals surface area (Å²) >= 11 is 7.78. The Morgan fingerprint density at radius 3 is 2.00 bits per heavy atom. The van der Waals surface area contributed by atoms with Crippen molar-refractivity contribution in [1.82, 2.24) is 15.0 Å². The lowest BCUT2D eigenvalue weighted by molar-refractivity contribution is -0.134. The fraction of sp³-hybridized carbons (Fsp3) is 0.441. The smallest absolute Gasteiger partial charge is 0.328 e. The second-order valence-corrected chi connectivity index (χ2v) is 13.8. The molecule has 3 heterocycles. The first kappa shape index (κ1) is 39.2. The van der Waals surface area contributed by atoms with E-state index in [0.29, 0.717) is 24.3 Å². The van der Waals surface area contributed by atoms with Crippen molar-refractivity contribution in [3.8, 4) is 5.75 Å². The van der Waals surface area contributed by atoms with Gasteiger partial charge in [0.1, 0.15) is 5.75 Å². The Morgan fingerprint density at radius 2 is 1.51 bits per heavy atom. The van der Waals surface area contributed by atoms with Crippen LogP contribution in [0.15, 0.2) is 53.1 Å². The second-order valence-electron chi connectivity index (χ2n) is 12.0. The topological polar surface area (TPSA) is 191 Å². The number of aliphatic carboxylic acids is 4. The van der Waals surface area contributed by atoms with E-state index in [2.05, 4.69) is 47.3 Å². The van der Waals surface area contributed by atoms with Crippen LogP contribution in [0.5, 0.6) is 5.75 Å². The van der Waals surface area contributed by atoms with Crippen LogP contribution in [0.3, 0.4) is 0 Å².